The highest BCUT2D eigenvalue weighted by Gasteiger charge is 2.33. The fraction of sp³-hybridized carbons (Fsp3) is 0.276. The first-order valence-corrected chi connectivity index (χ1v) is 12.3. The number of fused-ring (bicyclic) bond motifs is 1. The number of pyridine rings is 2. The summed E-state index contributed by atoms with van der Waals surface area (Å²) >= 11 is 0. The first-order valence-electron chi connectivity index (χ1n) is 12.3. The van der Waals surface area contributed by atoms with Crippen LogP contribution in [0.5, 0.6) is 0 Å². The normalized spacial score (nSPS) is 15.9. The Labute approximate surface area is 227 Å². The number of halogens is 2. The van der Waals surface area contributed by atoms with Gasteiger partial charge in [-0.05, 0) is 53.9 Å². The molecule has 4 aromatic rings. The van der Waals surface area contributed by atoms with Crippen molar-refractivity contribution in [3.8, 4) is 0 Å². The summed E-state index contributed by atoms with van der Waals surface area (Å²) in [5.74, 6) is -0.324. The number of rotatable bonds is 5. The highest BCUT2D eigenvalue weighted by molar-refractivity contribution is 7.59. The van der Waals surface area contributed by atoms with Crippen molar-refractivity contribution in [2.24, 2.45) is 7.05 Å². The molecule has 1 fully saturated rings. The molecule has 0 bridgehead atoms. The van der Waals surface area contributed by atoms with Crippen molar-refractivity contribution in [1.82, 2.24) is 14.5 Å². The maximum Gasteiger partial charge on any atom is 0.270 e. The van der Waals surface area contributed by atoms with Gasteiger partial charge in [0, 0.05) is 38.8 Å². The summed E-state index contributed by atoms with van der Waals surface area (Å²) in [6.45, 7) is 11.5. The predicted molar refractivity (Wildman–Crippen MR) is 151 cm³/mol. The van der Waals surface area contributed by atoms with Crippen LogP contribution < -0.4 is 10.5 Å². The van der Waals surface area contributed by atoms with Gasteiger partial charge in [0.05, 0.1) is 17.2 Å². The Hall–Kier alpha value is -3.74. The van der Waals surface area contributed by atoms with E-state index in [0.717, 1.165) is 23.2 Å². The largest absolute Gasteiger partial charge is 0.362 e. The van der Waals surface area contributed by atoms with Gasteiger partial charge in [-0.15, -0.1) is 4.98 Å². The van der Waals surface area contributed by atoms with Crippen molar-refractivity contribution in [3.63, 3.8) is 0 Å². The van der Waals surface area contributed by atoms with Crippen LogP contribution in [0.4, 0.5) is 20.3 Å². The van der Waals surface area contributed by atoms with Crippen LogP contribution in [0.1, 0.15) is 30.5 Å². The van der Waals surface area contributed by atoms with E-state index in [1.54, 1.807) is 54.1 Å². The average molecular weight is 534 g/mol. The molecule has 0 amide bonds. The topological polar surface area (TPSA) is 45.7 Å². The maximum absolute atomic E-state index is 13.7. The Morgan fingerprint density at radius 2 is 1.61 bits per heavy atom. The van der Waals surface area contributed by atoms with Gasteiger partial charge in [0.1, 0.15) is 11.6 Å². The molecule has 0 spiro atoms. The fourth-order valence-corrected chi connectivity index (χ4v) is 5.27. The van der Waals surface area contributed by atoms with E-state index in [1.165, 1.54) is 24.3 Å². The van der Waals surface area contributed by atoms with Crippen molar-refractivity contribution in [2.45, 2.75) is 25.4 Å². The van der Waals surface area contributed by atoms with Gasteiger partial charge in [0.25, 0.3) is 11.4 Å². The number of anilines is 1. The van der Waals surface area contributed by atoms with Gasteiger partial charge in [-0.3, -0.25) is 9.69 Å². The molecule has 1 aliphatic heterocycles. The Morgan fingerprint density at radius 3 is 2.16 bits per heavy atom. The summed E-state index contributed by atoms with van der Waals surface area (Å²) in [4.78, 5) is 25.4. The van der Waals surface area contributed by atoms with Crippen molar-refractivity contribution < 1.29 is 8.78 Å². The Bertz CT molecular complexity index is 1490. The van der Waals surface area contributed by atoms with Crippen LogP contribution in [0, 0.1) is 18.2 Å². The fourth-order valence-electron chi connectivity index (χ4n) is 5.27. The highest BCUT2D eigenvalue weighted by Crippen LogP contribution is 2.34. The second-order valence-corrected chi connectivity index (χ2v) is 9.33. The molecular weight excluding hydrogens is 504 g/mol. The summed E-state index contributed by atoms with van der Waals surface area (Å²) in [7, 11) is 1.71. The van der Waals surface area contributed by atoms with Gasteiger partial charge >= 0.3 is 0 Å². The quantitative estimate of drug-likeness (QED) is 0.315. The molecule has 2 aromatic carbocycles. The molecule has 3 heterocycles. The lowest BCUT2D eigenvalue weighted by molar-refractivity contribution is 0.181. The van der Waals surface area contributed by atoms with E-state index in [9.17, 15) is 13.6 Å². The predicted octanol–water partition coefficient (Wildman–Crippen LogP) is 5.57. The first-order chi connectivity index (χ1) is 17.9. The van der Waals surface area contributed by atoms with Crippen LogP contribution in [-0.2, 0) is 7.05 Å². The van der Waals surface area contributed by atoms with Crippen molar-refractivity contribution >= 4 is 36.0 Å². The van der Waals surface area contributed by atoms with E-state index in [0.29, 0.717) is 30.7 Å². The molecule has 2 aromatic heterocycles. The van der Waals surface area contributed by atoms with Crippen LogP contribution in [0.2, 0.25) is 0 Å². The highest BCUT2D eigenvalue weighted by atomic mass is 32.1. The second kappa shape index (κ2) is 11.3. The standard InChI is InChI=1S/C29H27F2N5O.H2S/c1-4-23-18-35(29(19-5-9-21(30)10-6-19)20-7-11-22(31)12-8-20)15-16-36(23)25-17-27(37)34(3)24-13-14-26(32-2)33-28(24)25;/h5-14,17,23,29H,4,15-16,18H2,1,3H3;1H2/t23-;/m0./s1. The van der Waals surface area contributed by atoms with E-state index in [4.69, 9.17) is 6.57 Å². The number of benzene rings is 2. The number of hydrogen-bond donors (Lipinski definition) is 0. The third-order valence-electron chi connectivity index (χ3n) is 7.20. The molecule has 196 valence electrons. The number of aromatic nitrogens is 2. The lowest BCUT2D eigenvalue weighted by Gasteiger charge is -2.45. The van der Waals surface area contributed by atoms with Crippen molar-refractivity contribution in [1.29, 1.82) is 0 Å². The minimum absolute atomic E-state index is 0. The molecule has 0 saturated carbocycles. The third-order valence-corrected chi connectivity index (χ3v) is 7.20. The van der Waals surface area contributed by atoms with Crippen molar-refractivity contribution in [3.05, 3.63) is 111 Å². The van der Waals surface area contributed by atoms with Gasteiger partial charge in [-0.1, -0.05) is 37.8 Å². The first kappa shape index (κ1) is 27.3. The molecule has 9 heteroatoms. The summed E-state index contributed by atoms with van der Waals surface area (Å²) in [5.41, 5.74) is 3.78. The zero-order valence-electron chi connectivity index (χ0n) is 21.2. The van der Waals surface area contributed by atoms with Crippen LogP contribution in [0.3, 0.4) is 0 Å². The molecule has 0 aliphatic carbocycles. The minimum atomic E-state index is -0.304. The molecule has 0 unspecified atom stereocenters. The number of nitrogens with zero attached hydrogens (tertiary/aromatic N) is 5. The molecular formula is C29H29F2N5OS. The summed E-state index contributed by atoms with van der Waals surface area (Å²) in [6, 6.07) is 17.8. The number of piperazine rings is 1. The van der Waals surface area contributed by atoms with E-state index in [1.807, 2.05) is 0 Å². The Kier molecular flexibility index (Phi) is 8.14. The number of aryl methyl sites for hydroxylation is 1. The molecule has 6 nitrogen and oxygen atoms in total. The molecule has 38 heavy (non-hydrogen) atoms. The minimum Gasteiger partial charge on any atom is -0.362 e. The summed E-state index contributed by atoms with van der Waals surface area (Å²) in [6.07, 6.45) is 0.815. The number of hydrogen-bond acceptors (Lipinski definition) is 4. The van der Waals surface area contributed by atoms with Gasteiger partial charge in [-0.25, -0.2) is 8.78 Å². The molecule has 1 atom stereocenters. The average Bonchev–Trinajstić information content (AvgIpc) is 2.92. The van der Waals surface area contributed by atoms with Crippen LogP contribution in [-0.4, -0.2) is 40.1 Å². The maximum atomic E-state index is 13.7. The van der Waals surface area contributed by atoms with Crippen LogP contribution >= 0.6 is 13.5 Å². The summed E-state index contributed by atoms with van der Waals surface area (Å²) < 4.78 is 29.0. The van der Waals surface area contributed by atoms with E-state index < -0.39 is 0 Å². The Morgan fingerprint density at radius 1 is 1.00 bits per heavy atom. The molecule has 0 radical (unpaired) electrons. The van der Waals surface area contributed by atoms with Gasteiger partial charge < -0.3 is 14.3 Å². The van der Waals surface area contributed by atoms with Gasteiger partial charge in [0.2, 0.25) is 5.52 Å². The lowest BCUT2D eigenvalue weighted by atomic mass is 9.94. The second-order valence-electron chi connectivity index (χ2n) is 9.33. The monoisotopic (exact) mass is 533 g/mol. The molecule has 0 N–H and O–H groups in total. The van der Waals surface area contributed by atoms with Crippen LogP contribution in [0.25, 0.3) is 15.9 Å². The van der Waals surface area contributed by atoms with Gasteiger partial charge in [-0.2, -0.15) is 13.5 Å². The molecule has 5 rings (SSSR count). The lowest BCUT2D eigenvalue weighted by Crippen LogP contribution is -2.54. The molecule has 1 saturated heterocycles. The van der Waals surface area contributed by atoms with E-state index in [2.05, 4.69) is 26.6 Å². The van der Waals surface area contributed by atoms with Crippen molar-refractivity contribution in [2.75, 3.05) is 24.5 Å². The van der Waals surface area contributed by atoms with Gasteiger partial charge in [0.15, 0.2) is 0 Å². The SMILES string of the molecule is S.[C-]#[N+]c1ccc2c(n1)c(N1CCN(C(c3ccc(F)cc3)c3ccc(F)cc3)C[C@@H]1CC)cc(=O)n2C. The van der Waals surface area contributed by atoms with E-state index >= 15 is 0 Å². The van der Waals surface area contributed by atoms with Crippen LogP contribution in [0.15, 0.2) is 71.5 Å². The summed E-state index contributed by atoms with van der Waals surface area (Å²) in [5, 5.41) is 0. The zero-order chi connectivity index (χ0) is 26.1. The van der Waals surface area contributed by atoms with E-state index in [-0.39, 0.29) is 48.6 Å². The smallest absolute Gasteiger partial charge is 0.270 e. The Balaban J connectivity index is 0.00000336. The zero-order valence-corrected chi connectivity index (χ0v) is 22.2. The molecule has 1 aliphatic rings. The third kappa shape index (κ3) is 5.15.